The van der Waals surface area contributed by atoms with Crippen LogP contribution in [0.5, 0.6) is 0 Å². The molecule has 0 bridgehead atoms. The molecule has 0 aliphatic heterocycles. The topological polar surface area (TPSA) is 135 Å². The Morgan fingerprint density at radius 1 is 1.00 bits per heavy atom. The van der Waals surface area contributed by atoms with Crippen molar-refractivity contribution in [1.82, 2.24) is 4.90 Å². The van der Waals surface area contributed by atoms with Crippen LogP contribution >= 0.6 is 0 Å². The Morgan fingerprint density at radius 2 is 1.68 bits per heavy atom. The van der Waals surface area contributed by atoms with Crippen LogP contribution in [0.4, 0.5) is 0 Å². The van der Waals surface area contributed by atoms with Crippen molar-refractivity contribution in [3.63, 3.8) is 0 Å². The summed E-state index contributed by atoms with van der Waals surface area (Å²) in [7, 11) is -4.15. The highest BCUT2D eigenvalue weighted by Crippen LogP contribution is 2.69. The van der Waals surface area contributed by atoms with Crippen molar-refractivity contribution >= 4 is 16.0 Å². The summed E-state index contributed by atoms with van der Waals surface area (Å²) < 4.78 is 31.7. The normalized spacial score (nSPS) is 44.0. The first kappa shape index (κ1) is 32.2. The van der Waals surface area contributed by atoms with Crippen molar-refractivity contribution in [2.45, 2.75) is 124 Å². The van der Waals surface area contributed by atoms with Gasteiger partial charge in [-0.15, -0.1) is 0 Å². The van der Waals surface area contributed by atoms with Gasteiger partial charge in [0.25, 0.3) is 10.1 Å². The van der Waals surface area contributed by atoms with Crippen LogP contribution in [0.25, 0.3) is 0 Å². The number of nitrogens with zero attached hydrogens (tertiary/aromatic N) is 1. The molecule has 4 fully saturated rings. The molecule has 4 aliphatic rings. The molecule has 9 heteroatoms. The SMILES string of the molecule is CCC1C(O)C2C(CC(O)C3(C)C(C(C)CCC(=O)N(CCS(=O)(=O)O)C(C)C)CCC23)C2(C)CCC(O)CC12. The molecule has 0 aromatic carbocycles. The van der Waals surface area contributed by atoms with Gasteiger partial charge in [0.1, 0.15) is 0 Å². The summed E-state index contributed by atoms with van der Waals surface area (Å²) in [5, 5.41) is 34.3. The van der Waals surface area contributed by atoms with Crippen molar-refractivity contribution < 1.29 is 33.1 Å². The molecular weight excluding hydrogens is 530 g/mol. The molecule has 0 radical (unpaired) electrons. The van der Waals surface area contributed by atoms with Crippen molar-refractivity contribution in [2.24, 2.45) is 52.3 Å². The van der Waals surface area contributed by atoms with Gasteiger partial charge in [-0.25, -0.2) is 0 Å². The second-order valence-corrected chi connectivity index (χ2v) is 16.2. The van der Waals surface area contributed by atoms with E-state index in [9.17, 15) is 28.5 Å². The number of aliphatic hydroxyl groups is 3. The lowest BCUT2D eigenvalue weighted by atomic mass is 9.41. The molecule has 8 nitrogen and oxygen atoms in total. The van der Waals surface area contributed by atoms with Crippen LogP contribution in [0.15, 0.2) is 0 Å². The van der Waals surface area contributed by atoms with Crippen molar-refractivity contribution in [3.05, 3.63) is 0 Å². The molecule has 4 N–H and O–H groups in total. The van der Waals surface area contributed by atoms with Crippen molar-refractivity contribution in [3.8, 4) is 0 Å². The molecule has 0 spiro atoms. The Labute approximate surface area is 242 Å². The van der Waals surface area contributed by atoms with Crippen molar-refractivity contribution in [1.29, 1.82) is 0 Å². The zero-order valence-electron chi connectivity index (χ0n) is 25.5. The number of amides is 1. The number of carbonyl (C=O) groups is 1. The molecule has 40 heavy (non-hydrogen) atoms. The predicted octanol–water partition coefficient (Wildman–Crippen LogP) is 4.13. The van der Waals surface area contributed by atoms with Gasteiger partial charge in [-0.1, -0.05) is 34.1 Å². The number of rotatable bonds is 9. The first-order valence-corrected chi connectivity index (χ1v) is 17.5. The van der Waals surface area contributed by atoms with Crippen LogP contribution < -0.4 is 0 Å². The number of carbonyl (C=O) groups excluding carboxylic acids is 1. The van der Waals surface area contributed by atoms with Gasteiger partial charge in [0, 0.05) is 19.0 Å². The van der Waals surface area contributed by atoms with Gasteiger partial charge in [-0.05, 0) is 111 Å². The molecule has 232 valence electrons. The first-order valence-electron chi connectivity index (χ1n) is 15.8. The molecular formula is C31H55NO7S. The standard InChI is InChI=1S/C31H55NO7S/c1-7-21-24-16-20(33)12-13-30(24,5)25-17-26(34)31(6)22(9-10-23(31)28(25)29(21)36)19(4)8-11-27(35)32(18(2)3)14-15-40(37,38)39/h18-26,28-29,33-34,36H,7-17H2,1-6H3,(H,37,38,39). The molecule has 12 unspecified atom stereocenters. The van der Waals surface area contributed by atoms with E-state index in [1.54, 1.807) is 0 Å². The van der Waals surface area contributed by atoms with Crippen LogP contribution in [0.2, 0.25) is 0 Å². The molecule has 12 atom stereocenters. The molecule has 0 heterocycles. The summed E-state index contributed by atoms with van der Waals surface area (Å²) in [5.74, 6) is 0.902. The summed E-state index contributed by atoms with van der Waals surface area (Å²) >= 11 is 0. The lowest BCUT2D eigenvalue weighted by Crippen LogP contribution is -2.65. The Bertz CT molecular complexity index is 1020. The Kier molecular flexibility index (Phi) is 9.45. The minimum Gasteiger partial charge on any atom is -0.393 e. The zero-order valence-corrected chi connectivity index (χ0v) is 26.3. The highest BCUT2D eigenvalue weighted by atomic mass is 32.2. The van der Waals surface area contributed by atoms with E-state index in [0.29, 0.717) is 19.3 Å². The maximum atomic E-state index is 13.1. The predicted molar refractivity (Wildman–Crippen MR) is 155 cm³/mol. The van der Waals surface area contributed by atoms with Crippen LogP contribution in [-0.4, -0.2) is 75.7 Å². The largest absolute Gasteiger partial charge is 0.393 e. The van der Waals surface area contributed by atoms with Gasteiger partial charge in [0.15, 0.2) is 0 Å². The molecule has 4 saturated carbocycles. The minimum absolute atomic E-state index is 0.0184. The first-order chi connectivity index (χ1) is 18.6. The van der Waals surface area contributed by atoms with Crippen LogP contribution in [0.3, 0.4) is 0 Å². The van der Waals surface area contributed by atoms with Crippen LogP contribution in [-0.2, 0) is 14.9 Å². The molecule has 4 rings (SSSR count). The fourth-order valence-corrected chi connectivity index (χ4v) is 10.9. The smallest absolute Gasteiger partial charge is 0.266 e. The second-order valence-electron chi connectivity index (χ2n) is 14.7. The average molecular weight is 586 g/mol. The fraction of sp³-hybridized carbons (Fsp3) is 0.968. The van der Waals surface area contributed by atoms with Crippen LogP contribution in [0, 0.1) is 52.3 Å². The molecule has 1 amide bonds. The van der Waals surface area contributed by atoms with E-state index in [0.717, 1.165) is 38.5 Å². The van der Waals surface area contributed by atoms with Gasteiger partial charge in [-0.2, -0.15) is 8.42 Å². The van der Waals surface area contributed by atoms with E-state index in [1.807, 2.05) is 13.8 Å². The minimum atomic E-state index is -4.15. The zero-order chi connectivity index (χ0) is 29.8. The average Bonchev–Trinajstić information content (AvgIpc) is 3.22. The highest BCUT2D eigenvalue weighted by Gasteiger charge is 2.67. The fourth-order valence-electron chi connectivity index (χ4n) is 10.5. The number of hydrogen-bond donors (Lipinski definition) is 4. The molecule has 0 aromatic heterocycles. The number of fused-ring (bicyclic) bond motifs is 5. The Morgan fingerprint density at radius 3 is 2.27 bits per heavy atom. The number of hydrogen-bond acceptors (Lipinski definition) is 6. The van der Waals surface area contributed by atoms with Gasteiger partial charge in [-0.3, -0.25) is 9.35 Å². The molecule has 0 saturated heterocycles. The maximum absolute atomic E-state index is 13.1. The Hall–Kier alpha value is -0.740. The third kappa shape index (κ3) is 5.63. The summed E-state index contributed by atoms with van der Waals surface area (Å²) in [6.45, 7) is 12.6. The highest BCUT2D eigenvalue weighted by molar-refractivity contribution is 7.85. The van der Waals surface area contributed by atoms with E-state index < -0.39 is 28.1 Å². The lowest BCUT2D eigenvalue weighted by Gasteiger charge is -2.65. The van der Waals surface area contributed by atoms with E-state index in [1.165, 1.54) is 4.90 Å². The lowest BCUT2D eigenvalue weighted by molar-refractivity contribution is -0.228. The second kappa shape index (κ2) is 11.7. The summed E-state index contributed by atoms with van der Waals surface area (Å²) in [4.78, 5) is 14.6. The quantitative estimate of drug-likeness (QED) is 0.299. The molecule has 0 aromatic rings. The van der Waals surface area contributed by atoms with Gasteiger partial charge >= 0.3 is 0 Å². The van der Waals surface area contributed by atoms with E-state index in [2.05, 4.69) is 27.7 Å². The monoisotopic (exact) mass is 585 g/mol. The van der Waals surface area contributed by atoms with E-state index in [-0.39, 0.29) is 76.9 Å². The maximum Gasteiger partial charge on any atom is 0.266 e. The third-order valence-corrected chi connectivity index (χ3v) is 13.3. The van der Waals surface area contributed by atoms with E-state index >= 15 is 0 Å². The van der Waals surface area contributed by atoms with Crippen LogP contribution in [0.1, 0.15) is 99.3 Å². The van der Waals surface area contributed by atoms with Gasteiger partial charge in [0.05, 0.1) is 24.1 Å². The van der Waals surface area contributed by atoms with Crippen molar-refractivity contribution in [2.75, 3.05) is 12.3 Å². The number of aliphatic hydroxyl groups excluding tert-OH is 3. The van der Waals surface area contributed by atoms with Gasteiger partial charge in [0.2, 0.25) is 5.91 Å². The van der Waals surface area contributed by atoms with Gasteiger partial charge < -0.3 is 20.2 Å². The third-order valence-electron chi connectivity index (χ3n) is 12.6. The summed E-state index contributed by atoms with van der Waals surface area (Å²) in [5.41, 5.74) is -0.312. The summed E-state index contributed by atoms with van der Waals surface area (Å²) in [6.07, 6.45) is 5.78. The Balaban J connectivity index is 1.51. The molecule has 4 aliphatic carbocycles. The summed E-state index contributed by atoms with van der Waals surface area (Å²) in [6, 6.07) is -0.166. The van der Waals surface area contributed by atoms with E-state index in [4.69, 9.17) is 4.55 Å².